The zero-order chi connectivity index (χ0) is 16.9. The number of nitrogens with zero attached hydrogens (tertiary/aromatic N) is 3. The Morgan fingerprint density at radius 1 is 1.20 bits per heavy atom. The largest absolute Gasteiger partial charge is 0.339 e. The third kappa shape index (κ3) is 4.47. The SMILES string of the molecule is c1cc(CN2CCCCC2)cc(-c2noc(CCC3CCNC3)n2)c1. The van der Waals surface area contributed by atoms with Crippen molar-refractivity contribution in [3.8, 4) is 11.4 Å². The van der Waals surface area contributed by atoms with Crippen molar-refractivity contribution in [3.63, 3.8) is 0 Å². The highest BCUT2D eigenvalue weighted by atomic mass is 16.5. The van der Waals surface area contributed by atoms with Gasteiger partial charge in [0.1, 0.15) is 0 Å². The summed E-state index contributed by atoms with van der Waals surface area (Å²) >= 11 is 0. The lowest BCUT2D eigenvalue weighted by atomic mass is 10.0. The molecule has 1 atom stereocenters. The summed E-state index contributed by atoms with van der Waals surface area (Å²) in [6.45, 7) is 5.72. The fourth-order valence-corrected chi connectivity index (χ4v) is 3.95. The zero-order valence-corrected chi connectivity index (χ0v) is 14.9. The maximum atomic E-state index is 5.48. The van der Waals surface area contributed by atoms with E-state index in [9.17, 15) is 0 Å². The highest BCUT2D eigenvalue weighted by molar-refractivity contribution is 5.55. The molecule has 0 radical (unpaired) electrons. The molecule has 2 aliphatic rings. The Morgan fingerprint density at radius 2 is 2.12 bits per heavy atom. The zero-order valence-electron chi connectivity index (χ0n) is 14.9. The van der Waals surface area contributed by atoms with Crippen LogP contribution in [0.2, 0.25) is 0 Å². The van der Waals surface area contributed by atoms with Crippen LogP contribution in [0, 0.1) is 5.92 Å². The van der Waals surface area contributed by atoms with Crippen molar-refractivity contribution in [1.29, 1.82) is 0 Å². The highest BCUT2D eigenvalue weighted by Gasteiger charge is 2.17. The Hall–Kier alpha value is -1.72. The average Bonchev–Trinajstić information content (AvgIpc) is 3.33. The number of likely N-dealkylation sites (tertiary alicyclic amines) is 1. The molecule has 1 aromatic heterocycles. The number of hydrogen-bond acceptors (Lipinski definition) is 5. The average molecular weight is 340 g/mol. The van der Waals surface area contributed by atoms with E-state index in [1.54, 1.807) is 0 Å². The van der Waals surface area contributed by atoms with Crippen LogP contribution in [0.5, 0.6) is 0 Å². The molecule has 1 N–H and O–H groups in total. The maximum Gasteiger partial charge on any atom is 0.226 e. The van der Waals surface area contributed by atoms with E-state index in [-0.39, 0.29) is 0 Å². The van der Waals surface area contributed by atoms with Gasteiger partial charge in [-0.25, -0.2) is 0 Å². The van der Waals surface area contributed by atoms with E-state index in [2.05, 4.69) is 44.6 Å². The molecule has 3 heterocycles. The molecular weight excluding hydrogens is 312 g/mol. The van der Waals surface area contributed by atoms with Gasteiger partial charge in [0.2, 0.25) is 11.7 Å². The molecule has 2 saturated heterocycles. The molecule has 2 aliphatic heterocycles. The Balaban J connectivity index is 1.38. The smallest absolute Gasteiger partial charge is 0.226 e. The third-order valence-corrected chi connectivity index (χ3v) is 5.44. The second-order valence-electron chi connectivity index (χ2n) is 7.45. The lowest BCUT2D eigenvalue weighted by Gasteiger charge is -2.26. The Morgan fingerprint density at radius 3 is 2.96 bits per heavy atom. The summed E-state index contributed by atoms with van der Waals surface area (Å²) < 4.78 is 5.48. The Kier molecular flexibility index (Phi) is 5.43. The topological polar surface area (TPSA) is 54.2 Å². The molecule has 0 bridgehead atoms. The molecule has 1 aromatic carbocycles. The van der Waals surface area contributed by atoms with Gasteiger partial charge in [-0.15, -0.1) is 0 Å². The number of piperidine rings is 1. The van der Waals surface area contributed by atoms with Crippen LogP contribution in [0.1, 0.15) is 43.6 Å². The fraction of sp³-hybridized carbons (Fsp3) is 0.600. The van der Waals surface area contributed by atoms with Crippen molar-refractivity contribution >= 4 is 0 Å². The van der Waals surface area contributed by atoms with Gasteiger partial charge in [-0.3, -0.25) is 4.90 Å². The second kappa shape index (κ2) is 8.11. The van der Waals surface area contributed by atoms with Gasteiger partial charge in [0.25, 0.3) is 0 Å². The first kappa shape index (κ1) is 16.7. The van der Waals surface area contributed by atoms with Gasteiger partial charge in [-0.2, -0.15) is 4.98 Å². The summed E-state index contributed by atoms with van der Waals surface area (Å²) in [7, 11) is 0. The van der Waals surface area contributed by atoms with Crippen LogP contribution in [-0.4, -0.2) is 41.2 Å². The van der Waals surface area contributed by atoms with E-state index in [4.69, 9.17) is 4.52 Å². The number of benzene rings is 1. The van der Waals surface area contributed by atoms with E-state index in [0.29, 0.717) is 0 Å². The van der Waals surface area contributed by atoms with Crippen molar-refractivity contribution in [3.05, 3.63) is 35.7 Å². The minimum atomic E-state index is 0.722. The van der Waals surface area contributed by atoms with Gasteiger partial charge in [0.15, 0.2) is 0 Å². The van der Waals surface area contributed by atoms with Gasteiger partial charge < -0.3 is 9.84 Å². The van der Waals surface area contributed by atoms with Crippen molar-refractivity contribution in [2.75, 3.05) is 26.2 Å². The summed E-state index contributed by atoms with van der Waals surface area (Å²) in [5, 5.41) is 7.61. The van der Waals surface area contributed by atoms with Gasteiger partial charge in [0.05, 0.1) is 0 Å². The number of rotatable bonds is 6. The summed E-state index contributed by atoms with van der Waals surface area (Å²) in [6, 6.07) is 8.60. The van der Waals surface area contributed by atoms with Gasteiger partial charge in [0, 0.05) is 18.5 Å². The van der Waals surface area contributed by atoms with E-state index < -0.39 is 0 Å². The Labute approximate surface area is 149 Å². The van der Waals surface area contributed by atoms with E-state index in [0.717, 1.165) is 55.7 Å². The minimum absolute atomic E-state index is 0.722. The van der Waals surface area contributed by atoms with E-state index >= 15 is 0 Å². The second-order valence-corrected chi connectivity index (χ2v) is 7.45. The van der Waals surface area contributed by atoms with Crippen LogP contribution in [0.15, 0.2) is 28.8 Å². The molecule has 1 unspecified atom stereocenters. The first-order valence-corrected chi connectivity index (χ1v) is 9.72. The normalized spacial score (nSPS) is 21.7. The molecule has 2 aromatic rings. The molecule has 25 heavy (non-hydrogen) atoms. The molecule has 5 nitrogen and oxygen atoms in total. The van der Waals surface area contributed by atoms with Crippen molar-refractivity contribution < 1.29 is 4.52 Å². The number of aromatic nitrogens is 2. The van der Waals surface area contributed by atoms with Gasteiger partial charge in [-0.1, -0.05) is 29.8 Å². The summed E-state index contributed by atoms with van der Waals surface area (Å²) in [5.74, 6) is 2.24. The quantitative estimate of drug-likeness (QED) is 0.875. The number of aryl methyl sites for hydroxylation is 1. The third-order valence-electron chi connectivity index (χ3n) is 5.44. The van der Waals surface area contributed by atoms with Gasteiger partial charge >= 0.3 is 0 Å². The molecule has 134 valence electrons. The summed E-state index contributed by atoms with van der Waals surface area (Å²) in [5.41, 5.74) is 2.40. The first-order valence-electron chi connectivity index (χ1n) is 9.72. The molecule has 2 fully saturated rings. The predicted molar refractivity (Wildman–Crippen MR) is 98.2 cm³/mol. The molecule has 0 saturated carbocycles. The van der Waals surface area contributed by atoms with Crippen molar-refractivity contribution in [2.45, 2.75) is 45.1 Å². The maximum absolute atomic E-state index is 5.48. The molecule has 4 rings (SSSR count). The summed E-state index contributed by atoms with van der Waals surface area (Å²) in [4.78, 5) is 7.16. The monoisotopic (exact) mass is 340 g/mol. The minimum Gasteiger partial charge on any atom is -0.339 e. The van der Waals surface area contributed by atoms with Gasteiger partial charge in [-0.05, 0) is 69.4 Å². The van der Waals surface area contributed by atoms with Crippen LogP contribution in [0.4, 0.5) is 0 Å². The van der Waals surface area contributed by atoms with Crippen molar-refractivity contribution in [1.82, 2.24) is 20.4 Å². The van der Waals surface area contributed by atoms with Crippen LogP contribution < -0.4 is 5.32 Å². The first-order chi connectivity index (χ1) is 12.4. The number of nitrogens with one attached hydrogen (secondary N) is 1. The molecule has 0 spiro atoms. The standard InChI is InChI=1S/C20H28N4O/c1-2-11-24(12-3-1)15-17-5-4-6-18(13-17)20-22-19(25-23-20)8-7-16-9-10-21-14-16/h4-6,13,16,21H,1-3,7-12,14-15H2. The van der Waals surface area contributed by atoms with E-state index in [1.807, 2.05) is 0 Å². The molecule has 5 heteroatoms. The molecule has 0 aliphatic carbocycles. The molecule has 0 amide bonds. The highest BCUT2D eigenvalue weighted by Crippen LogP contribution is 2.21. The number of hydrogen-bond donors (Lipinski definition) is 1. The molecular formula is C20H28N4O. The lowest BCUT2D eigenvalue weighted by Crippen LogP contribution is -2.29. The van der Waals surface area contributed by atoms with Crippen molar-refractivity contribution in [2.24, 2.45) is 5.92 Å². The Bertz CT molecular complexity index is 672. The van der Waals surface area contributed by atoms with Crippen LogP contribution >= 0.6 is 0 Å². The van der Waals surface area contributed by atoms with Crippen LogP contribution in [0.3, 0.4) is 0 Å². The van der Waals surface area contributed by atoms with Crippen LogP contribution in [0.25, 0.3) is 11.4 Å². The predicted octanol–water partition coefficient (Wildman–Crippen LogP) is 3.26. The fourth-order valence-electron chi connectivity index (χ4n) is 3.95. The lowest BCUT2D eigenvalue weighted by molar-refractivity contribution is 0.221. The van der Waals surface area contributed by atoms with Crippen LogP contribution in [-0.2, 0) is 13.0 Å². The summed E-state index contributed by atoms with van der Waals surface area (Å²) in [6.07, 6.45) is 7.30. The van der Waals surface area contributed by atoms with E-state index in [1.165, 1.54) is 44.3 Å².